The van der Waals surface area contributed by atoms with Crippen molar-refractivity contribution >= 4 is 55.5 Å². The van der Waals surface area contributed by atoms with E-state index in [4.69, 9.17) is 17.0 Å². The predicted molar refractivity (Wildman–Crippen MR) is 111 cm³/mol. The van der Waals surface area contributed by atoms with Crippen molar-refractivity contribution in [1.29, 1.82) is 5.41 Å². The van der Waals surface area contributed by atoms with Crippen LogP contribution in [0, 0.1) is 12.3 Å². The minimum atomic E-state index is -0.332. The second kappa shape index (κ2) is 6.51. The zero-order chi connectivity index (χ0) is 19.3. The lowest BCUT2D eigenvalue weighted by Gasteiger charge is -2.21. The molecule has 0 radical (unpaired) electrons. The molecule has 8 heteroatoms. The molecule has 1 aliphatic rings. The van der Waals surface area contributed by atoms with Gasteiger partial charge in [-0.05, 0) is 42.8 Å². The topological polar surface area (TPSA) is 93.1 Å². The predicted octanol–water partition coefficient (Wildman–Crippen LogP) is 4.41. The van der Waals surface area contributed by atoms with Crippen molar-refractivity contribution in [2.75, 3.05) is 11.4 Å². The molecule has 0 aliphatic carbocycles. The molecule has 0 saturated heterocycles. The summed E-state index contributed by atoms with van der Waals surface area (Å²) < 4.78 is 0.772. The number of anilines is 1. The first-order valence-corrected chi connectivity index (χ1v) is 9.27. The maximum absolute atomic E-state index is 12.4. The first kappa shape index (κ1) is 17.8. The van der Waals surface area contributed by atoms with Crippen LogP contribution in [0.4, 0.5) is 5.69 Å². The third-order valence-electron chi connectivity index (χ3n) is 4.54. The largest absolute Gasteiger partial charge is 0.509 e. The number of fused-ring (bicyclic) bond motifs is 1. The first-order chi connectivity index (χ1) is 12.9. The van der Waals surface area contributed by atoms with E-state index >= 15 is 0 Å². The van der Waals surface area contributed by atoms with Crippen LogP contribution in [-0.4, -0.2) is 27.5 Å². The number of aliphatic hydroxyl groups excluding tert-OH is 1. The summed E-state index contributed by atoms with van der Waals surface area (Å²) >= 11 is 9.53. The SMILES string of the molecule is Cc1c(Cl)cccc1N1CC(O)=C(c2nc3ccc(Br)cc3c(=O)[nH]2)C1=N. The molecule has 136 valence electrons. The van der Waals surface area contributed by atoms with Crippen LogP contribution >= 0.6 is 27.5 Å². The highest BCUT2D eigenvalue weighted by Gasteiger charge is 2.32. The monoisotopic (exact) mass is 444 g/mol. The fourth-order valence-electron chi connectivity index (χ4n) is 3.15. The highest BCUT2D eigenvalue weighted by Crippen LogP contribution is 2.33. The van der Waals surface area contributed by atoms with Crippen molar-refractivity contribution in [2.45, 2.75) is 6.92 Å². The number of amidine groups is 1. The Labute approximate surface area is 167 Å². The Balaban J connectivity index is 1.81. The number of aliphatic hydroxyl groups is 1. The summed E-state index contributed by atoms with van der Waals surface area (Å²) in [6, 6.07) is 10.6. The molecule has 0 fully saturated rings. The average Bonchev–Trinajstić information content (AvgIpc) is 2.92. The van der Waals surface area contributed by atoms with Crippen LogP contribution in [0.2, 0.25) is 5.02 Å². The number of hydrogen-bond donors (Lipinski definition) is 3. The van der Waals surface area contributed by atoms with E-state index < -0.39 is 0 Å². The van der Waals surface area contributed by atoms with Gasteiger partial charge in [-0.1, -0.05) is 33.6 Å². The number of aromatic amines is 1. The first-order valence-electron chi connectivity index (χ1n) is 8.10. The summed E-state index contributed by atoms with van der Waals surface area (Å²) in [7, 11) is 0. The summed E-state index contributed by atoms with van der Waals surface area (Å²) in [6.07, 6.45) is 0. The van der Waals surface area contributed by atoms with Crippen molar-refractivity contribution in [3.05, 3.63) is 73.4 Å². The molecule has 1 aliphatic heterocycles. The highest BCUT2D eigenvalue weighted by atomic mass is 79.9. The molecule has 2 heterocycles. The normalized spacial score (nSPS) is 14.5. The number of halogens is 2. The summed E-state index contributed by atoms with van der Waals surface area (Å²) in [5.74, 6) is 0.191. The Hall–Kier alpha value is -2.64. The standard InChI is InChI=1S/C19H14BrClN4O2/c1-9-12(21)3-2-4-14(9)25-8-15(26)16(17(25)22)18-23-13-6-5-10(20)7-11(13)19(27)24-18/h2-7,22,26H,8H2,1H3,(H,23,24,27). The zero-order valence-electron chi connectivity index (χ0n) is 14.2. The summed E-state index contributed by atoms with van der Waals surface area (Å²) in [4.78, 5) is 21.2. The average molecular weight is 446 g/mol. The molecule has 3 N–H and O–H groups in total. The fraction of sp³-hybridized carbons (Fsp3) is 0.105. The maximum atomic E-state index is 12.4. The molecular weight excluding hydrogens is 432 g/mol. The van der Waals surface area contributed by atoms with Gasteiger partial charge in [-0.2, -0.15) is 0 Å². The third kappa shape index (κ3) is 2.93. The van der Waals surface area contributed by atoms with E-state index in [-0.39, 0.29) is 35.1 Å². The van der Waals surface area contributed by atoms with E-state index in [1.165, 1.54) is 0 Å². The van der Waals surface area contributed by atoms with Gasteiger partial charge in [0.2, 0.25) is 0 Å². The van der Waals surface area contributed by atoms with Gasteiger partial charge in [0.15, 0.2) is 0 Å². The number of rotatable bonds is 2. The van der Waals surface area contributed by atoms with E-state index in [1.54, 1.807) is 35.2 Å². The van der Waals surface area contributed by atoms with Gasteiger partial charge in [0.05, 0.1) is 23.0 Å². The molecule has 0 bridgehead atoms. The van der Waals surface area contributed by atoms with Gasteiger partial charge >= 0.3 is 0 Å². The van der Waals surface area contributed by atoms with Gasteiger partial charge in [-0.15, -0.1) is 0 Å². The second-order valence-electron chi connectivity index (χ2n) is 6.22. The van der Waals surface area contributed by atoms with Crippen molar-refractivity contribution < 1.29 is 5.11 Å². The molecule has 0 spiro atoms. The number of nitrogens with one attached hydrogen (secondary N) is 2. The van der Waals surface area contributed by atoms with Crippen LogP contribution in [0.5, 0.6) is 0 Å². The Bertz CT molecular complexity index is 1200. The smallest absolute Gasteiger partial charge is 0.259 e. The van der Waals surface area contributed by atoms with E-state index in [0.717, 1.165) is 15.7 Å². The lowest BCUT2D eigenvalue weighted by molar-refractivity contribution is 0.411. The number of nitrogens with zero attached hydrogens (tertiary/aromatic N) is 2. The Kier molecular flexibility index (Phi) is 4.28. The third-order valence-corrected chi connectivity index (χ3v) is 5.44. The lowest BCUT2D eigenvalue weighted by atomic mass is 10.1. The number of benzene rings is 2. The van der Waals surface area contributed by atoms with Crippen LogP contribution in [-0.2, 0) is 0 Å². The zero-order valence-corrected chi connectivity index (χ0v) is 16.5. The molecule has 3 aromatic rings. The maximum Gasteiger partial charge on any atom is 0.259 e. The van der Waals surface area contributed by atoms with Crippen LogP contribution in [0.15, 0.2) is 51.4 Å². The Morgan fingerprint density at radius 1 is 1.33 bits per heavy atom. The lowest BCUT2D eigenvalue weighted by Crippen LogP contribution is -2.27. The summed E-state index contributed by atoms with van der Waals surface area (Å²) in [5.41, 5.74) is 1.89. The number of hydrogen-bond acceptors (Lipinski definition) is 4. The van der Waals surface area contributed by atoms with Crippen LogP contribution < -0.4 is 10.5 Å². The van der Waals surface area contributed by atoms with Crippen molar-refractivity contribution in [3.8, 4) is 0 Å². The molecule has 0 saturated carbocycles. The van der Waals surface area contributed by atoms with E-state index in [2.05, 4.69) is 25.9 Å². The van der Waals surface area contributed by atoms with Crippen LogP contribution in [0.25, 0.3) is 16.5 Å². The van der Waals surface area contributed by atoms with Gasteiger partial charge in [-0.3, -0.25) is 10.2 Å². The molecule has 0 atom stereocenters. The molecule has 6 nitrogen and oxygen atoms in total. The molecule has 27 heavy (non-hydrogen) atoms. The molecule has 0 unspecified atom stereocenters. The van der Waals surface area contributed by atoms with Crippen molar-refractivity contribution in [2.24, 2.45) is 0 Å². The van der Waals surface area contributed by atoms with Gasteiger partial charge < -0.3 is 15.0 Å². The Morgan fingerprint density at radius 3 is 2.89 bits per heavy atom. The minimum absolute atomic E-state index is 0.0287. The highest BCUT2D eigenvalue weighted by molar-refractivity contribution is 9.10. The number of H-pyrrole nitrogens is 1. The molecule has 0 amide bonds. The quantitative estimate of drug-likeness (QED) is 0.544. The van der Waals surface area contributed by atoms with Crippen molar-refractivity contribution in [1.82, 2.24) is 9.97 Å². The van der Waals surface area contributed by atoms with Gasteiger partial charge in [0, 0.05) is 15.2 Å². The molecule has 4 rings (SSSR count). The van der Waals surface area contributed by atoms with Gasteiger partial charge in [0.1, 0.15) is 17.4 Å². The van der Waals surface area contributed by atoms with Gasteiger partial charge in [0.25, 0.3) is 5.56 Å². The van der Waals surface area contributed by atoms with E-state index in [9.17, 15) is 9.90 Å². The summed E-state index contributed by atoms with van der Waals surface area (Å²) in [5, 5.41) is 20.1. The fourth-order valence-corrected chi connectivity index (χ4v) is 3.68. The molecule has 2 aromatic carbocycles. The Morgan fingerprint density at radius 2 is 2.11 bits per heavy atom. The van der Waals surface area contributed by atoms with Crippen LogP contribution in [0.1, 0.15) is 11.4 Å². The molecular formula is C19H14BrClN4O2. The summed E-state index contributed by atoms with van der Waals surface area (Å²) in [6.45, 7) is 1.96. The second-order valence-corrected chi connectivity index (χ2v) is 7.54. The van der Waals surface area contributed by atoms with Crippen molar-refractivity contribution in [3.63, 3.8) is 0 Å². The minimum Gasteiger partial charge on any atom is -0.509 e. The van der Waals surface area contributed by atoms with E-state index in [0.29, 0.717) is 15.9 Å². The number of aromatic nitrogens is 2. The van der Waals surface area contributed by atoms with Crippen LogP contribution in [0.3, 0.4) is 0 Å². The van der Waals surface area contributed by atoms with Gasteiger partial charge in [-0.25, -0.2) is 4.98 Å². The van der Waals surface area contributed by atoms with E-state index in [1.807, 2.05) is 13.0 Å². The molecule has 1 aromatic heterocycles.